The lowest BCUT2D eigenvalue weighted by atomic mass is 10.1. The number of hydrogen-bond donors (Lipinski definition) is 1. The molecule has 0 unspecified atom stereocenters. The molecule has 0 aliphatic carbocycles. The molecule has 0 saturated heterocycles. The van der Waals surface area contributed by atoms with E-state index in [4.69, 9.17) is 4.98 Å². The molecule has 3 nitrogen and oxygen atoms in total. The monoisotopic (exact) mass is 297 g/mol. The molecule has 0 radical (unpaired) electrons. The minimum Gasteiger partial charge on any atom is -0.346 e. The number of nitrogens with zero attached hydrogens (tertiary/aromatic N) is 2. The first kappa shape index (κ1) is 17.4. The van der Waals surface area contributed by atoms with Crippen LogP contribution in [0.2, 0.25) is 0 Å². The van der Waals surface area contributed by atoms with Gasteiger partial charge in [0, 0.05) is 29.5 Å². The van der Waals surface area contributed by atoms with Crippen molar-refractivity contribution in [2.24, 2.45) is 0 Å². The predicted molar refractivity (Wildman–Crippen MR) is 90.9 cm³/mol. The van der Waals surface area contributed by atoms with Crippen molar-refractivity contribution in [3.8, 4) is 0 Å². The summed E-state index contributed by atoms with van der Waals surface area (Å²) in [6.07, 6.45) is 2.17. The summed E-state index contributed by atoms with van der Waals surface area (Å²) < 4.78 is 0. The van der Waals surface area contributed by atoms with Crippen LogP contribution in [0.3, 0.4) is 0 Å². The van der Waals surface area contributed by atoms with Crippen LogP contribution in [0.1, 0.15) is 65.5 Å². The lowest BCUT2D eigenvalue weighted by Gasteiger charge is -2.25. The van der Waals surface area contributed by atoms with Gasteiger partial charge in [-0.2, -0.15) is 0 Å². The Balaban J connectivity index is 2.92. The quantitative estimate of drug-likeness (QED) is 0.817. The molecule has 0 amide bonds. The first-order valence-corrected chi connectivity index (χ1v) is 8.60. The van der Waals surface area contributed by atoms with Crippen LogP contribution >= 0.6 is 11.3 Å². The van der Waals surface area contributed by atoms with Crippen molar-refractivity contribution in [1.29, 1.82) is 0 Å². The van der Waals surface area contributed by atoms with Crippen molar-refractivity contribution in [2.45, 2.75) is 79.4 Å². The van der Waals surface area contributed by atoms with Crippen molar-refractivity contribution in [3.63, 3.8) is 0 Å². The molecule has 0 aliphatic rings. The molecule has 0 bridgehead atoms. The molecule has 0 fully saturated rings. The average molecular weight is 298 g/mol. The Hall–Kier alpha value is -0.610. The van der Waals surface area contributed by atoms with Gasteiger partial charge in [-0.15, -0.1) is 11.3 Å². The summed E-state index contributed by atoms with van der Waals surface area (Å²) in [5.74, 6) is 0. The molecule has 1 aromatic heterocycles. The molecule has 20 heavy (non-hydrogen) atoms. The van der Waals surface area contributed by atoms with E-state index in [1.807, 2.05) is 11.3 Å². The second-order valence-electron chi connectivity index (χ2n) is 6.61. The van der Waals surface area contributed by atoms with Gasteiger partial charge >= 0.3 is 0 Å². The van der Waals surface area contributed by atoms with Crippen LogP contribution in [0, 0.1) is 0 Å². The van der Waals surface area contributed by atoms with Crippen molar-refractivity contribution >= 4 is 16.5 Å². The van der Waals surface area contributed by atoms with E-state index in [0.29, 0.717) is 6.04 Å². The maximum atomic E-state index is 4.87. The van der Waals surface area contributed by atoms with E-state index < -0.39 is 0 Å². The SMILES string of the molecule is CCCN(c1nc(CC)c(CNC(C)(C)C)s1)C(C)C. The van der Waals surface area contributed by atoms with Crippen molar-refractivity contribution in [1.82, 2.24) is 10.3 Å². The molecule has 0 aliphatic heterocycles. The van der Waals surface area contributed by atoms with Crippen LogP contribution in [0.5, 0.6) is 0 Å². The Labute approximate surface area is 128 Å². The Morgan fingerprint density at radius 1 is 1.25 bits per heavy atom. The van der Waals surface area contributed by atoms with Crippen molar-refractivity contribution in [3.05, 3.63) is 10.6 Å². The molecule has 0 atom stereocenters. The highest BCUT2D eigenvalue weighted by Gasteiger charge is 2.18. The molecule has 1 heterocycles. The Morgan fingerprint density at radius 2 is 1.90 bits per heavy atom. The van der Waals surface area contributed by atoms with E-state index in [0.717, 1.165) is 25.9 Å². The minimum absolute atomic E-state index is 0.149. The van der Waals surface area contributed by atoms with E-state index in [1.54, 1.807) is 0 Å². The molecule has 0 spiro atoms. The van der Waals surface area contributed by atoms with Gasteiger partial charge in [0.1, 0.15) is 0 Å². The van der Waals surface area contributed by atoms with Crippen molar-refractivity contribution < 1.29 is 0 Å². The summed E-state index contributed by atoms with van der Waals surface area (Å²) in [5, 5.41) is 4.76. The zero-order valence-electron chi connectivity index (χ0n) is 14.2. The largest absolute Gasteiger partial charge is 0.346 e. The maximum absolute atomic E-state index is 4.87. The fraction of sp³-hybridized carbons (Fsp3) is 0.812. The van der Waals surface area contributed by atoms with Crippen LogP contribution in [0.4, 0.5) is 5.13 Å². The van der Waals surface area contributed by atoms with Crippen LogP contribution in [-0.2, 0) is 13.0 Å². The maximum Gasteiger partial charge on any atom is 0.186 e. The topological polar surface area (TPSA) is 28.2 Å². The fourth-order valence-electron chi connectivity index (χ4n) is 2.07. The minimum atomic E-state index is 0.149. The smallest absolute Gasteiger partial charge is 0.186 e. The number of nitrogens with one attached hydrogen (secondary N) is 1. The van der Waals surface area contributed by atoms with Gasteiger partial charge in [0.25, 0.3) is 0 Å². The zero-order chi connectivity index (χ0) is 15.3. The third-order valence-corrected chi connectivity index (χ3v) is 4.35. The van der Waals surface area contributed by atoms with E-state index in [1.165, 1.54) is 15.7 Å². The molecule has 0 aromatic carbocycles. The van der Waals surface area contributed by atoms with Crippen molar-refractivity contribution in [2.75, 3.05) is 11.4 Å². The highest BCUT2D eigenvalue weighted by molar-refractivity contribution is 7.15. The van der Waals surface area contributed by atoms with E-state index in [9.17, 15) is 0 Å². The average Bonchev–Trinajstić information content (AvgIpc) is 2.75. The number of rotatable bonds is 7. The van der Waals surface area contributed by atoms with Gasteiger partial charge in [0.15, 0.2) is 5.13 Å². The van der Waals surface area contributed by atoms with E-state index >= 15 is 0 Å². The molecular weight excluding hydrogens is 266 g/mol. The summed E-state index contributed by atoms with van der Waals surface area (Å²) in [5.41, 5.74) is 1.40. The van der Waals surface area contributed by atoms with E-state index in [-0.39, 0.29) is 5.54 Å². The standard InChI is InChI=1S/C16H31N3S/c1-8-10-19(12(3)4)15-18-13(9-2)14(20-15)11-17-16(5,6)7/h12,17H,8-11H2,1-7H3. The second kappa shape index (κ2) is 7.41. The van der Waals surface area contributed by atoms with E-state index in [2.05, 4.69) is 58.7 Å². The lowest BCUT2D eigenvalue weighted by molar-refractivity contribution is 0.425. The number of aryl methyl sites for hydroxylation is 1. The molecule has 0 saturated carbocycles. The second-order valence-corrected chi connectivity index (χ2v) is 7.67. The van der Waals surface area contributed by atoms with Crippen LogP contribution < -0.4 is 10.2 Å². The van der Waals surface area contributed by atoms with Gasteiger partial charge in [-0.1, -0.05) is 13.8 Å². The number of anilines is 1. The summed E-state index contributed by atoms with van der Waals surface area (Å²) in [4.78, 5) is 8.68. The predicted octanol–water partition coefficient (Wildman–Crippen LogP) is 4.22. The molecule has 4 heteroatoms. The number of aromatic nitrogens is 1. The molecule has 1 N–H and O–H groups in total. The molecule has 1 rings (SSSR count). The van der Waals surface area contributed by atoms with Crippen LogP contribution in [0.25, 0.3) is 0 Å². The first-order valence-electron chi connectivity index (χ1n) is 7.78. The summed E-state index contributed by atoms with van der Waals surface area (Å²) in [7, 11) is 0. The van der Waals surface area contributed by atoms with Crippen LogP contribution in [-0.4, -0.2) is 23.1 Å². The van der Waals surface area contributed by atoms with Gasteiger partial charge in [-0.05, 0) is 47.5 Å². The fourth-order valence-corrected chi connectivity index (χ4v) is 3.32. The molecule has 1 aromatic rings. The van der Waals surface area contributed by atoms with Gasteiger partial charge in [-0.3, -0.25) is 0 Å². The summed E-state index contributed by atoms with van der Waals surface area (Å²) in [6, 6.07) is 0.509. The normalized spacial score (nSPS) is 12.2. The number of hydrogen-bond acceptors (Lipinski definition) is 4. The summed E-state index contributed by atoms with van der Waals surface area (Å²) >= 11 is 1.85. The molecular formula is C16H31N3S. The Morgan fingerprint density at radius 3 is 2.35 bits per heavy atom. The Kier molecular flexibility index (Phi) is 6.46. The Bertz CT molecular complexity index is 404. The third-order valence-electron chi connectivity index (χ3n) is 3.21. The highest BCUT2D eigenvalue weighted by atomic mass is 32.1. The first-order chi connectivity index (χ1) is 9.28. The number of thiazole rings is 1. The highest BCUT2D eigenvalue weighted by Crippen LogP contribution is 2.28. The lowest BCUT2D eigenvalue weighted by Crippen LogP contribution is -2.35. The van der Waals surface area contributed by atoms with Gasteiger partial charge < -0.3 is 10.2 Å². The van der Waals surface area contributed by atoms with Crippen LogP contribution in [0.15, 0.2) is 0 Å². The zero-order valence-corrected chi connectivity index (χ0v) is 15.0. The van der Waals surface area contributed by atoms with Gasteiger partial charge in [0.05, 0.1) is 5.69 Å². The van der Waals surface area contributed by atoms with Gasteiger partial charge in [0.2, 0.25) is 0 Å². The summed E-state index contributed by atoms with van der Waals surface area (Å²) in [6.45, 7) is 17.5. The molecule has 116 valence electrons. The third kappa shape index (κ3) is 5.06. The van der Waals surface area contributed by atoms with Gasteiger partial charge in [-0.25, -0.2) is 4.98 Å².